The molecule has 1 aromatic carbocycles. The first-order chi connectivity index (χ1) is 8.58. The average molecular weight is 355 g/mol. The minimum atomic E-state index is -1.08. The number of hydrogen-bond donors (Lipinski definition) is 2. The van der Waals surface area contributed by atoms with Gasteiger partial charge in [-0.05, 0) is 47.2 Å². The number of benzene rings is 1. The molecule has 2 N–H and O–H groups in total. The molecule has 18 heavy (non-hydrogen) atoms. The van der Waals surface area contributed by atoms with Crippen LogP contribution in [-0.4, -0.2) is 21.0 Å². The summed E-state index contributed by atoms with van der Waals surface area (Å²) in [6.45, 7) is 2.00. The number of carboxylic acids is 1. The zero-order chi connectivity index (χ0) is 13.1. The maximum atomic E-state index is 10.6. The van der Waals surface area contributed by atoms with Crippen LogP contribution in [0.4, 0.5) is 11.5 Å². The molecule has 0 unspecified atom stereocenters. The molecule has 2 aromatic rings. The van der Waals surface area contributed by atoms with Gasteiger partial charge in [0, 0.05) is 9.26 Å². The molecule has 0 saturated heterocycles. The fourth-order valence-electron chi connectivity index (χ4n) is 1.38. The van der Waals surface area contributed by atoms with Crippen molar-refractivity contribution in [3.63, 3.8) is 0 Å². The lowest BCUT2D eigenvalue weighted by molar-refractivity contribution is 0.0690. The number of carboxylic acid groups (broad SMARTS) is 1. The number of aromatic nitrogens is 2. The molecule has 0 amide bonds. The van der Waals surface area contributed by atoms with E-state index in [4.69, 9.17) is 5.11 Å². The van der Waals surface area contributed by atoms with Crippen molar-refractivity contribution in [3.05, 3.63) is 45.4 Å². The Labute approximate surface area is 117 Å². The molecule has 6 heteroatoms. The number of hydrogen-bond acceptors (Lipinski definition) is 4. The highest BCUT2D eigenvalue weighted by molar-refractivity contribution is 14.1. The molecular formula is C12H10IN3O2. The summed E-state index contributed by atoms with van der Waals surface area (Å²) >= 11 is 2.25. The number of carbonyl (C=O) groups is 1. The molecule has 0 radical (unpaired) electrons. The molecular weight excluding hydrogens is 345 g/mol. The third kappa shape index (κ3) is 2.76. The highest BCUT2D eigenvalue weighted by Crippen LogP contribution is 2.22. The Kier molecular flexibility index (Phi) is 3.75. The van der Waals surface area contributed by atoms with Crippen molar-refractivity contribution < 1.29 is 9.90 Å². The van der Waals surface area contributed by atoms with Gasteiger partial charge in [-0.2, -0.15) is 0 Å². The fourth-order valence-corrected chi connectivity index (χ4v) is 1.88. The van der Waals surface area contributed by atoms with Gasteiger partial charge in [0.05, 0.1) is 12.4 Å². The van der Waals surface area contributed by atoms with Gasteiger partial charge in [0.2, 0.25) is 0 Å². The molecule has 0 aliphatic heterocycles. The minimum absolute atomic E-state index is 0.0695. The Morgan fingerprint density at radius 1 is 1.33 bits per heavy atom. The Hall–Kier alpha value is -1.70. The number of rotatable bonds is 3. The maximum absolute atomic E-state index is 10.6. The van der Waals surface area contributed by atoms with Crippen molar-refractivity contribution >= 4 is 40.1 Å². The highest BCUT2D eigenvalue weighted by Gasteiger charge is 2.06. The third-order valence-electron chi connectivity index (χ3n) is 2.40. The largest absolute Gasteiger partial charge is 0.476 e. The molecule has 0 spiro atoms. The summed E-state index contributed by atoms with van der Waals surface area (Å²) in [5, 5.41) is 11.8. The van der Waals surface area contributed by atoms with E-state index in [-0.39, 0.29) is 5.69 Å². The van der Waals surface area contributed by atoms with Crippen LogP contribution in [0.15, 0.2) is 30.6 Å². The molecule has 0 fully saturated rings. The first kappa shape index (κ1) is 12.7. The summed E-state index contributed by atoms with van der Waals surface area (Å²) in [5.41, 5.74) is 1.97. The topological polar surface area (TPSA) is 75.1 Å². The van der Waals surface area contributed by atoms with E-state index in [0.29, 0.717) is 5.82 Å². The van der Waals surface area contributed by atoms with E-state index in [1.165, 1.54) is 12.4 Å². The molecule has 1 aromatic heterocycles. The standard InChI is InChI=1S/C12H10IN3O2/c1-7-8(13)3-2-4-9(7)16-11-6-14-10(5-15-11)12(17)18/h2-6H,1H3,(H,15,16)(H,17,18). The van der Waals surface area contributed by atoms with Gasteiger partial charge >= 0.3 is 5.97 Å². The third-order valence-corrected chi connectivity index (χ3v) is 3.57. The van der Waals surface area contributed by atoms with Gasteiger partial charge in [-0.25, -0.2) is 14.8 Å². The van der Waals surface area contributed by atoms with Crippen molar-refractivity contribution in [3.8, 4) is 0 Å². The van der Waals surface area contributed by atoms with Gasteiger partial charge in [-0.15, -0.1) is 0 Å². The van der Waals surface area contributed by atoms with Crippen LogP contribution in [0.3, 0.4) is 0 Å². The van der Waals surface area contributed by atoms with Crippen LogP contribution >= 0.6 is 22.6 Å². The van der Waals surface area contributed by atoms with Gasteiger partial charge < -0.3 is 10.4 Å². The Morgan fingerprint density at radius 2 is 2.11 bits per heavy atom. The summed E-state index contributed by atoms with van der Waals surface area (Å²) in [5.74, 6) is -0.565. The van der Waals surface area contributed by atoms with Crippen LogP contribution < -0.4 is 5.32 Å². The van der Waals surface area contributed by atoms with E-state index in [1.807, 2.05) is 25.1 Å². The number of aromatic carboxylic acids is 1. The second-order valence-electron chi connectivity index (χ2n) is 3.63. The lowest BCUT2D eigenvalue weighted by atomic mass is 10.2. The van der Waals surface area contributed by atoms with Crippen LogP contribution in [0.5, 0.6) is 0 Å². The first-order valence-corrected chi connectivity index (χ1v) is 6.23. The van der Waals surface area contributed by atoms with E-state index >= 15 is 0 Å². The average Bonchev–Trinajstić information content (AvgIpc) is 2.36. The van der Waals surface area contributed by atoms with Crippen molar-refractivity contribution in [1.29, 1.82) is 0 Å². The van der Waals surface area contributed by atoms with E-state index in [2.05, 4.69) is 37.9 Å². The number of nitrogens with one attached hydrogen (secondary N) is 1. The van der Waals surface area contributed by atoms with Gasteiger partial charge in [0.15, 0.2) is 5.69 Å². The SMILES string of the molecule is Cc1c(I)cccc1Nc1cnc(C(=O)O)cn1. The van der Waals surface area contributed by atoms with Crippen molar-refractivity contribution in [2.24, 2.45) is 0 Å². The van der Waals surface area contributed by atoms with E-state index in [9.17, 15) is 4.79 Å². The fraction of sp³-hybridized carbons (Fsp3) is 0.0833. The number of halogens is 1. The van der Waals surface area contributed by atoms with Gasteiger partial charge in [-0.3, -0.25) is 0 Å². The van der Waals surface area contributed by atoms with Crippen LogP contribution in [0.25, 0.3) is 0 Å². The van der Waals surface area contributed by atoms with Crippen molar-refractivity contribution in [2.45, 2.75) is 6.92 Å². The smallest absolute Gasteiger partial charge is 0.356 e. The molecule has 0 atom stereocenters. The maximum Gasteiger partial charge on any atom is 0.356 e. The van der Waals surface area contributed by atoms with Crippen molar-refractivity contribution in [1.82, 2.24) is 9.97 Å². The van der Waals surface area contributed by atoms with E-state index < -0.39 is 5.97 Å². The highest BCUT2D eigenvalue weighted by atomic mass is 127. The van der Waals surface area contributed by atoms with E-state index in [1.54, 1.807) is 0 Å². The summed E-state index contributed by atoms with van der Waals surface area (Å²) in [7, 11) is 0. The van der Waals surface area contributed by atoms with Crippen LogP contribution in [0.2, 0.25) is 0 Å². The summed E-state index contributed by atoms with van der Waals surface area (Å²) < 4.78 is 1.15. The summed E-state index contributed by atoms with van der Waals surface area (Å²) in [6, 6.07) is 5.89. The minimum Gasteiger partial charge on any atom is -0.476 e. The molecule has 0 aliphatic carbocycles. The molecule has 2 rings (SSSR count). The molecule has 0 bridgehead atoms. The predicted octanol–water partition coefficient (Wildman–Crippen LogP) is 2.83. The molecule has 1 heterocycles. The number of nitrogens with zero attached hydrogens (tertiary/aromatic N) is 2. The van der Waals surface area contributed by atoms with Gasteiger partial charge in [0.1, 0.15) is 5.82 Å². The monoisotopic (exact) mass is 355 g/mol. The Balaban J connectivity index is 2.24. The summed E-state index contributed by atoms with van der Waals surface area (Å²) in [6.07, 6.45) is 2.64. The van der Waals surface area contributed by atoms with Crippen LogP contribution in [0, 0.1) is 10.5 Å². The zero-order valence-electron chi connectivity index (χ0n) is 9.51. The Bertz CT molecular complexity index is 584. The molecule has 5 nitrogen and oxygen atoms in total. The second kappa shape index (κ2) is 5.30. The normalized spacial score (nSPS) is 10.1. The van der Waals surface area contributed by atoms with Gasteiger partial charge in [0.25, 0.3) is 0 Å². The van der Waals surface area contributed by atoms with Crippen molar-refractivity contribution in [2.75, 3.05) is 5.32 Å². The lowest BCUT2D eigenvalue weighted by Crippen LogP contribution is -2.03. The Morgan fingerprint density at radius 3 is 2.72 bits per heavy atom. The van der Waals surface area contributed by atoms with E-state index in [0.717, 1.165) is 14.8 Å². The second-order valence-corrected chi connectivity index (χ2v) is 4.79. The molecule has 0 aliphatic rings. The van der Waals surface area contributed by atoms with Gasteiger partial charge in [-0.1, -0.05) is 6.07 Å². The molecule has 0 saturated carbocycles. The number of anilines is 2. The summed E-state index contributed by atoms with van der Waals surface area (Å²) in [4.78, 5) is 18.5. The quantitative estimate of drug-likeness (QED) is 0.829. The predicted molar refractivity (Wildman–Crippen MR) is 76.2 cm³/mol. The van der Waals surface area contributed by atoms with Crippen LogP contribution in [-0.2, 0) is 0 Å². The molecule has 92 valence electrons. The zero-order valence-corrected chi connectivity index (χ0v) is 11.7. The lowest BCUT2D eigenvalue weighted by Gasteiger charge is -2.09. The van der Waals surface area contributed by atoms with Crippen LogP contribution in [0.1, 0.15) is 16.1 Å². The first-order valence-electron chi connectivity index (χ1n) is 5.15.